The van der Waals surface area contributed by atoms with Gasteiger partial charge in [-0.3, -0.25) is 38.2 Å². The number of aliphatic imine (C=N–C) groups is 1. The number of nitrogens with zero attached hydrogens (tertiary/aromatic N) is 6. The highest BCUT2D eigenvalue weighted by atomic mass is 35.5. The molecule has 0 spiro atoms. The summed E-state index contributed by atoms with van der Waals surface area (Å²) in [5.74, 6) is -12.0. The van der Waals surface area contributed by atoms with E-state index in [0.29, 0.717) is 27.6 Å². The summed E-state index contributed by atoms with van der Waals surface area (Å²) in [7, 11) is -5.80. The fourth-order valence-corrected chi connectivity index (χ4v) is 8.96. The van der Waals surface area contributed by atoms with Crippen LogP contribution in [0.3, 0.4) is 0 Å². The number of aryl methyl sites for hydroxylation is 1. The summed E-state index contributed by atoms with van der Waals surface area (Å²) in [5.41, 5.74) is -1.50. The number of carboxylic acids is 1. The number of aliphatic carboxylic acids is 1. The molecule has 1 fully saturated rings. The summed E-state index contributed by atoms with van der Waals surface area (Å²) in [5, 5.41) is 15.6. The van der Waals surface area contributed by atoms with E-state index in [4.69, 9.17) is 27.1 Å². The van der Waals surface area contributed by atoms with Crippen molar-refractivity contribution in [1.82, 2.24) is 25.0 Å². The smallest absolute Gasteiger partial charge is 0.472 e. The predicted molar refractivity (Wildman–Crippen MR) is 285 cm³/mol. The first-order valence-electron chi connectivity index (χ1n) is 24.0. The molecule has 82 heavy (non-hydrogen) atoms. The largest absolute Gasteiger partial charge is 0.480 e. The number of anilines is 1. The van der Waals surface area contributed by atoms with Crippen molar-refractivity contribution < 1.29 is 96.0 Å². The number of halogens is 11. The molecular weight excluding hydrogens is 1200 g/mol. The van der Waals surface area contributed by atoms with E-state index in [1.54, 1.807) is 6.26 Å². The van der Waals surface area contributed by atoms with Crippen molar-refractivity contribution in [2.75, 3.05) is 43.2 Å². The van der Waals surface area contributed by atoms with Crippen LogP contribution in [-0.4, -0.2) is 130 Å². The zero-order valence-corrected chi connectivity index (χ0v) is 48.4. The van der Waals surface area contributed by atoms with Crippen molar-refractivity contribution in [3.05, 3.63) is 87.3 Å². The fourth-order valence-electron chi connectivity index (χ4n) is 7.82. The number of benzene rings is 2. The number of amides is 3. The highest BCUT2D eigenvalue weighted by Gasteiger charge is 2.53. The summed E-state index contributed by atoms with van der Waals surface area (Å²) in [4.78, 5) is 79.1. The van der Waals surface area contributed by atoms with Crippen LogP contribution in [0.4, 0.5) is 54.5 Å². The van der Waals surface area contributed by atoms with Crippen LogP contribution < -0.4 is 15.4 Å². The lowest BCUT2D eigenvalue weighted by Gasteiger charge is -2.31. The molecule has 3 atom stereocenters. The summed E-state index contributed by atoms with van der Waals surface area (Å²) >= 11 is 7.40. The average molecular weight is 1260 g/mol. The number of rotatable bonds is 19. The van der Waals surface area contributed by atoms with Crippen LogP contribution in [-0.2, 0) is 52.0 Å². The molecule has 19 nitrogen and oxygen atoms in total. The third-order valence-electron chi connectivity index (χ3n) is 12.3. The molecule has 2 heterocycles. The molecule has 2 aromatic heterocycles. The van der Waals surface area contributed by atoms with Gasteiger partial charge in [0.2, 0.25) is 18.6 Å². The number of phosphoric ester groups is 1. The minimum absolute atomic E-state index is 0.0278. The summed E-state index contributed by atoms with van der Waals surface area (Å²) < 4.78 is 176. The summed E-state index contributed by atoms with van der Waals surface area (Å²) in [6.45, 7) is 5.02. The molecule has 0 bridgehead atoms. The van der Waals surface area contributed by atoms with Crippen LogP contribution in [0.15, 0.2) is 58.7 Å². The number of ether oxygens (including phenoxy) is 1. The van der Waals surface area contributed by atoms with E-state index in [9.17, 15) is 68.2 Å². The van der Waals surface area contributed by atoms with Gasteiger partial charge in [0, 0.05) is 74.4 Å². The van der Waals surface area contributed by atoms with Crippen LogP contribution >= 0.6 is 31.4 Å². The first kappa shape index (κ1) is 68.6. The van der Waals surface area contributed by atoms with Crippen molar-refractivity contribution in [3.63, 3.8) is 0 Å². The van der Waals surface area contributed by atoms with Gasteiger partial charge >= 0.3 is 32.2 Å². The Bertz CT molecular complexity index is 3170. The standard InChI is InChI=1S/C44H46ClF10N8O10PS.C5H12OS/c1-21-12-28(36(56)44(53,54)55)37(43(21,51)52)57-17-31(64)59-30(15-23-13-24(46)16-25(47)14-23)34-26(7-6-22(2)58-34)27-8-9-29(45)33-35(27)62(19-42(48,49)50)60-38(33)63(75-5)39(67)41(3,4)10-11-61(18-32(65)66)40(68)72-20-73-74(69,70)71;1-5(2,3)7(4)6/h6-9,13-14,16,21,30H,10-12,15,17-20,56H2,1-5H3,(H,59,64)(H,65,66)(H2,69,70,71);1-4H3/b36-28-,57-37?;/t21-,30?;/m1./s1. The Morgan fingerprint density at radius 2 is 1.61 bits per heavy atom. The second-order valence-electron chi connectivity index (χ2n) is 20.1. The molecule has 0 aliphatic heterocycles. The quantitative estimate of drug-likeness (QED) is 0.0253. The van der Waals surface area contributed by atoms with Crippen LogP contribution in [0.5, 0.6) is 0 Å². The second kappa shape index (κ2) is 26.8. The normalized spacial score (nSPS) is 16.8. The van der Waals surface area contributed by atoms with Gasteiger partial charge in [-0.25, -0.2) is 27.0 Å². The molecule has 6 N–H and O–H groups in total. The van der Waals surface area contributed by atoms with E-state index in [1.165, 1.54) is 51.3 Å². The van der Waals surface area contributed by atoms with E-state index in [-0.39, 0.29) is 49.7 Å². The molecule has 33 heteroatoms. The van der Waals surface area contributed by atoms with Gasteiger partial charge in [-0.2, -0.15) is 40.2 Å². The van der Waals surface area contributed by atoms with Crippen molar-refractivity contribution in [2.24, 2.45) is 22.1 Å². The third kappa shape index (κ3) is 18.3. The van der Waals surface area contributed by atoms with Crippen molar-refractivity contribution in [1.29, 1.82) is 0 Å². The Morgan fingerprint density at radius 1 is 1.02 bits per heavy atom. The van der Waals surface area contributed by atoms with Crippen molar-refractivity contribution >= 4 is 88.5 Å². The number of alkyl halides is 8. The maximum atomic E-state index is 15.3. The monoisotopic (exact) mass is 1250 g/mol. The van der Waals surface area contributed by atoms with Crippen molar-refractivity contribution in [2.45, 2.75) is 103 Å². The first-order chi connectivity index (χ1) is 37.5. The van der Waals surface area contributed by atoms with Gasteiger partial charge < -0.3 is 30.7 Å². The molecule has 0 saturated heterocycles. The second-order valence-corrected chi connectivity index (χ2v) is 24.6. The number of phosphoric acid groups is 1. The Kier molecular flexibility index (Phi) is 22.4. The van der Waals surface area contributed by atoms with Crippen LogP contribution in [0.1, 0.15) is 77.4 Å². The summed E-state index contributed by atoms with van der Waals surface area (Å²) in [6.07, 6.45) is -10.4. The van der Waals surface area contributed by atoms with E-state index in [0.717, 1.165) is 23.4 Å². The minimum atomic E-state index is -5.25. The maximum Gasteiger partial charge on any atom is 0.472 e. The molecule has 2 unspecified atom stereocenters. The number of hydrogen-bond donors (Lipinski definition) is 5. The molecule has 1 aliphatic carbocycles. The zero-order chi connectivity index (χ0) is 62.4. The van der Waals surface area contributed by atoms with Gasteiger partial charge in [-0.1, -0.05) is 44.5 Å². The highest BCUT2D eigenvalue weighted by Crippen LogP contribution is 2.46. The van der Waals surface area contributed by atoms with Crippen LogP contribution in [0.2, 0.25) is 5.02 Å². The van der Waals surface area contributed by atoms with E-state index in [2.05, 4.69) is 29.7 Å². The molecule has 0 radical (unpaired) electrons. The van der Waals surface area contributed by atoms with Gasteiger partial charge in [-0.05, 0) is 88.7 Å². The molecular formula is C49H58ClF10N8O11PS2. The minimum Gasteiger partial charge on any atom is -0.480 e. The number of carbonyl (C=O) groups is 4. The Morgan fingerprint density at radius 3 is 2.13 bits per heavy atom. The lowest BCUT2D eigenvalue weighted by Crippen LogP contribution is -2.42. The SMILES string of the molecule is CS(=O)C(C)(C)C.CSN(C(=O)C(C)(C)CCN(CC(=O)O)C(=O)OCOP(=O)(O)O)c1nn(CC(F)(F)F)c2c(-c3ccc(C)nc3C(Cc3cc(F)cc(F)c3)NC(=O)CN=C3/C(=C(\N)C(F)(F)F)C[C@@H](C)C3(F)F)ccc(Cl)c12. The number of allylic oxidation sites excluding steroid dienone is 2. The molecule has 3 amide bonds. The van der Waals surface area contributed by atoms with Gasteiger partial charge in [0.25, 0.3) is 5.92 Å². The van der Waals surface area contributed by atoms with Gasteiger partial charge in [-0.15, -0.1) is 0 Å². The molecule has 1 aliphatic rings. The molecule has 4 aromatic rings. The molecule has 1 saturated carbocycles. The lowest BCUT2D eigenvalue weighted by molar-refractivity contribution is -0.142. The Balaban J connectivity index is 0.00000193. The van der Waals surface area contributed by atoms with E-state index < -0.39 is 164 Å². The number of carboxylic acid groups (broad SMARTS) is 1. The molecule has 454 valence electrons. The van der Waals surface area contributed by atoms with Crippen LogP contribution in [0.25, 0.3) is 22.0 Å². The molecule has 2 aromatic carbocycles. The predicted octanol–water partition coefficient (Wildman–Crippen LogP) is 9.97. The number of carbonyl (C=O) groups excluding carboxylic acids is 3. The highest BCUT2D eigenvalue weighted by molar-refractivity contribution is 8.00. The molecule has 5 rings (SSSR count). The average Bonchev–Trinajstić information content (AvgIpc) is 3.99. The Labute approximate surface area is 474 Å². The summed E-state index contributed by atoms with van der Waals surface area (Å²) in [6, 6.07) is 5.90. The van der Waals surface area contributed by atoms with Crippen molar-refractivity contribution in [3.8, 4) is 11.1 Å². The number of nitrogens with one attached hydrogen (secondary N) is 1. The number of hydrogen-bond acceptors (Lipinski definition) is 13. The first-order valence-corrected chi connectivity index (χ1v) is 28.7. The lowest BCUT2D eigenvalue weighted by atomic mass is 9.88. The third-order valence-corrected chi connectivity index (χ3v) is 15.5. The number of fused-ring (bicyclic) bond motifs is 1. The van der Waals surface area contributed by atoms with Crippen LogP contribution in [0, 0.1) is 29.9 Å². The van der Waals surface area contributed by atoms with Gasteiger partial charge in [0.15, 0.2) is 5.82 Å². The van der Waals surface area contributed by atoms with E-state index in [1.807, 2.05) is 20.8 Å². The Hall–Kier alpha value is -5.85. The number of nitrogens with two attached hydrogens (primary N) is 1. The van der Waals surface area contributed by atoms with Gasteiger partial charge in [0.05, 0.1) is 27.7 Å². The number of pyridine rings is 1. The number of aromatic nitrogens is 3. The maximum absolute atomic E-state index is 15.3. The van der Waals surface area contributed by atoms with E-state index >= 15 is 8.78 Å². The fraction of sp³-hybridized carbons (Fsp3) is 0.490. The topological polar surface area (TPSA) is 269 Å². The van der Waals surface area contributed by atoms with Gasteiger partial charge in [0.1, 0.15) is 42.7 Å². The zero-order valence-electron chi connectivity index (χ0n) is 45.1.